The fourth-order valence-corrected chi connectivity index (χ4v) is 1.71. The van der Waals surface area contributed by atoms with Crippen molar-refractivity contribution in [2.45, 2.75) is 26.7 Å². The van der Waals surface area contributed by atoms with Crippen LogP contribution in [0.15, 0.2) is 29.1 Å². The van der Waals surface area contributed by atoms with E-state index in [0.717, 1.165) is 24.2 Å². The van der Waals surface area contributed by atoms with Crippen LogP contribution in [0.3, 0.4) is 0 Å². The van der Waals surface area contributed by atoms with Gasteiger partial charge in [-0.3, -0.25) is 4.79 Å². The number of rotatable bonds is 3. The maximum Gasteiger partial charge on any atom is 0.258 e. The molecular formula is C13H16N2O. The second-order valence-corrected chi connectivity index (χ2v) is 4.25. The summed E-state index contributed by atoms with van der Waals surface area (Å²) in [4.78, 5) is 19.1. The largest absolute Gasteiger partial charge is 0.310 e. The minimum atomic E-state index is -0.0381. The van der Waals surface area contributed by atoms with E-state index in [2.05, 4.69) is 23.8 Å². The standard InChI is InChI=1S/C13H16N2O/c1-3-9(2)8-12-14-11-7-5-4-6-10(11)13(16)15-12/h4-7,9H,3,8H2,1-2H3,(H,14,15,16). The van der Waals surface area contributed by atoms with Crippen LogP contribution < -0.4 is 5.56 Å². The molecule has 1 heterocycles. The van der Waals surface area contributed by atoms with Crippen molar-refractivity contribution < 1.29 is 0 Å². The summed E-state index contributed by atoms with van der Waals surface area (Å²) in [6.07, 6.45) is 1.92. The summed E-state index contributed by atoms with van der Waals surface area (Å²) in [5, 5.41) is 0.662. The van der Waals surface area contributed by atoms with Gasteiger partial charge in [-0.1, -0.05) is 32.4 Å². The second kappa shape index (κ2) is 4.47. The Labute approximate surface area is 94.5 Å². The minimum absolute atomic E-state index is 0.0381. The van der Waals surface area contributed by atoms with Gasteiger partial charge in [0.2, 0.25) is 0 Å². The first kappa shape index (κ1) is 10.9. The van der Waals surface area contributed by atoms with Crippen LogP contribution >= 0.6 is 0 Å². The number of nitrogens with one attached hydrogen (secondary N) is 1. The molecule has 0 fully saturated rings. The zero-order valence-corrected chi connectivity index (χ0v) is 9.66. The quantitative estimate of drug-likeness (QED) is 0.856. The fourth-order valence-electron chi connectivity index (χ4n) is 1.71. The summed E-state index contributed by atoms with van der Waals surface area (Å²) in [5.74, 6) is 1.34. The summed E-state index contributed by atoms with van der Waals surface area (Å²) >= 11 is 0. The maximum atomic E-state index is 11.8. The number of hydrogen-bond acceptors (Lipinski definition) is 2. The molecule has 1 aromatic heterocycles. The fraction of sp³-hybridized carbons (Fsp3) is 0.385. The minimum Gasteiger partial charge on any atom is -0.310 e. The molecule has 1 aromatic carbocycles. The van der Waals surface area contributed by atoms with Crippen molar-refractivity contribution in [3.05, 3.63) is 40.4 Å². The van der Waals surface area contributed by atoms with Gasteiger partial charge in [-0.05, 0) is 18.1 Å². The van der Waals surface area contributed by atoms with Crippen molar-refractivity contribution in [1.29, 1.82) is 0 Å². The Balaban J connectivity index is 2.46. The summed E-state index contributed by atoms with van der Waals surface area (Å²) in [5.41, 5.74) is 0.744. The number of nitrogens with zero attached hydrogens (tertiary/aromatic N) is 1. The number of benzene rings is 1. The topological polar surface area (TPSA) is 45.8 Å². The Morgan fingerprint density at radius 3 is 2.88 bits per heavy atom. The second-order valence-electron chi connectivity index (χ2n) is 4.25. The molecule has 84 valence electrons. The van der Waals surface area contributed by atoms with Crippen molar-refractivity contribution in [2.75, 3.05) is 0 Å². The number of aromatic nitrogens is 2. The van der Waals surface area contributed by atoms with E-state index in [9.17, 15) is 4.79 Å². The third-order valence-corrected chi connectivity index (χ3v) is 2.90. The van der Waals surface area contributed by atoms with Gasteiger partial charge in [0.1, 0.15) is 5.82 Å². The van der Waals surface area contributed by atoms with Crippen molar-refractivity contribution in [2.24, 2.45) is 5.92 Å². The third-order valence-electron chi connectivity index (χ3n) is 2.90. The highest BCUT2D eigenvalue weighted by molar-refractivity contribution is 5.77. The molecule has 0 aliphatic rings. The highest BCUT2D eigenvalue weighted by Gasteiger charge is 2.06. The Bertz CT molecular complexity index is 545. The smallest absolute Gasteiger partial charge is 0.258 e. The Hall–Kier alpha value is -1.64. The normalized spacial score (nSPS) is 12.9. The molecule has 0 radical (unpaired) electrons. The Morgan fingerprint density at radius 2 is 2.12 bits per heavy atom. The van der Waals surface area contributed by atoms with Gasteiger partial charge in [0.25, 0.3) is 5.56 Å². The average molecular weight is 216 g/mol. The van der Waals surface area contributed by atoms with Crippen LogP contribution in [0.5, 0.6) is 0 Å². The molecule has 1 N–H and O–H groups in total. The van der Waals surface area contributed by atoms with Gasteiger partial charge in [-0.25, -0.2) is 4.98 Å². The van der Waals surface area contributed by atoms with E-state index in [4.69, 9.17) is 0 Å². The van der Waals surface area contributed by atoms with Crippen LogP contribution in [-0.4, -0.2) is 9.97 Å². The van der Waals surface area contributed by atoms with Crippen molar-refractivity contribution in [3.8, 4) is 0 Å². The zero-order chi connectivity index (χ0) is 11.5. The van der Waals surface area contributed by atoms with E-state index in [1.807, 2.05) is 18.2 Å². The molecule has 1 atom stereocenters. The molecule has 0 aliphatic heterocycles. The van der Waals surface area contributed by atoms with E-state index < -0.39 is 0 Å². The lowest BCUT2D eigenvalue weighted by molar-refractivity contribution is 0.544. The molecule has 0 amide bonds. The Morgan fingerprint density at radius 1 is 1.38 bits per heavy atom. The summed E-state index contributed by atoms with van der Waals surface area (Å²) in [6.45, 7) is 4.30. The van der Waals surface area contributed by atoms with E-state index in [-0.39, 0.29) is 5.56 Å². The van der Waals surface area contributed by atoms with Crippen LogP contribution in [-0.2, 0) is 6.42 Å². The first-order chi connectivity index (χ1) is 7.70. The molecule has 2 aromatic rings. The van der Waals surface area contributed by atoms with E-state index in [1.165, 1.54) is 0 Å². The van der Waals surface area contributed by atoms with Gasteiger partial charge in [0.15, 0.2) is 0 Å². The Kier molecular flexibility index (Phi) is 3.04. The molecule has 3 heteroatoms. The SMILES string of the molecule is CCC(C)Cc1nc2ccccc2c(=O)[nH]1. The van der Waals surface area contributed by atoms with Crippen LogP contribution in [0.4, 0.5) is 0 Å². The van der Waals surface area contributed by atoms with Gasteiger partial charge in [0, 0.05) is 6.42 Å². The van der Waals surface area contributed by atoms with Crippen molar-refractivity contribution in [1.82, 2.24) is 9.97 Å². The first-order valence-corrected chi connectivity index (χ1v) is 5.68. The number of para-hydroxylation sites is 1. The summed E-state index contributed by atoms with van der Waals surface area (Å²) < 4.78 is 0. The average Bonchev–Trinajstić information content (AvgIpc) is 2.29. The first-order valence-electron chi connectivity index (χ1n) is 5.68. The zero-order valence-electron chi connectivity index (χ0n) is 9.66. The van der Waals surface area contributed by atoms with Crippen LogP contribution in [0, 0.1) is 5.92 Å². The van der Waals surface area contributed by atoms with E-state index in [1.54, 1.807) is 6.07 Å². The number of fused-ring (bicyclic) bond motifs is 1. The summed E-state index contributed by atoms with van der Waals surface area (Å²) in [7, 11) is 0. The van der Waals surface area contributed by atoms with Gasteiger partial charge >= 0.3 is 0 Å². The van der Waals surface area contributed by atoms with Crippen molar-refractivity contribution in [3.63, 3.8) is 0 Å². The molecule has 3 nitrogen and oxygen atoms in total. The lowest BCUT2D eigenvalue weighted by Gasteiger charge is -2.07. The molecule has 0 bridgehead atoms. The highest BCUT2D eigenvalue weighted by Crippen LogP contribution is 2.10. The molecule has 0 saturated carbocycles. The molecule has 1 unspecified atom stereocenters. The highest BCUT2D eigenvalue weighted by atomic mass is 16.1. The maximum absolute atomic E-state index is 11.8. The van der Waals surface area contributed by atoms with E-state index >= 15 is 0 Å². The van der Waals surface area contributed by atoms with Crippen molar-refractivity contribution >= 4 is 10.9 Å². The third kappa shape index (κ3) is 2.13. The van der Waals surface area contributed by atoms with E-state index in [0.29, 0.717) is 11.3 Å². The van der Waals surface area contributed by atoms with Gasteiger partial charge < -0.3 is 4.98 Å². The van der Waals surface area contributed by atoms with Crippen LogP contribution in [0.2, 0.25) is 0 Å². The molecule has 16 heavy (non-hydrogen) atoms. The summed E-state index contributed by atoms with van der Waals surface area (Å²) in [6, 6.07) is 7.44. The number of H-pyrrole nitrogens is 1. The molecule has 0 aliphatic carbocycles. The lowest BCUT2D eigenvalue weighted by atomic mass is 10.0. The number of aromatic amines is 1. The monoisotopic (exact) mass is 216 g/mol. The van der Waals surface area contributed by atoms with Gasteiger partial charge in [-0.2, -0.15) is 0 Å². The molecular weight excluding hydrogens is 200 g/mol. The molecule has 0 saturated heterocycles. The van der Waals surface area contributed by atoms with Gasteiger partial charge in [0.05, 0.1) is 10.9 Å². The number of hydrogen-bond donors (Lipinski definition) is 1. The van der Waals surface area contributed by atoms with Gasteiger partial charge in [-0.15, -0.1) is 0 Å². The lowest BCUT2D eigenvalue weighted by Crippen LogP contribution is -2.13. The predicted octanol–water partition coefficient (Wildman–Crippen LogP) is 2.51. The van der Waals surface area contributed by atoms with Crippen LogP contribution in [0.1, 0.15) is 26.1 Å². The van der Waals surface area contributed by atoms with Crippen LogP contribution in [0.25, 0.3) is 10.9 Å². The predicted molar refractivity (Wildman–Crippen MR) is 65.5 cm³/mol. The molecule has 2 rings (SSSR count). The molecule has 0 spiro atoms.